The first kappa shape index (κ1) is 14.0. The molecule has 1 heterocycles. The Morgan fingerprint density at radius 2 is 2.06 bits per heavy atom. The predicted molar refractivity (Wildman–Crippen MR) is 72.3 cm³/mol. The second-order valence-electron chi connectivity index (χ2n) is 4.85. The third-order valence-corrected chi connectivity index (χ3v) is 2.91. The Morgan fingerprint density at radius 1 is 1.35 bits per heavy atom. The van der Waals surface area contributed by atoms with E-state index >= 15 is 0 Å². The van der Waals surface area contributed by atoms with Gasteiger partial charge < -0.3 is 9.88 Å². The second kappa shape index (κ2) is 6.60. The number of hydrogen-bond donors (Lipinski definition) is 1. The Balaban J connectivity index is 2.89. The molecular weight excluding hydrogens is 212 g/mol. The highest BCUT2D eigenvalue weighted by molar-refractivity contribution is 5.15. The lowest BCUT2D eigenvalue weighted by atomic mass is 10.2. The monoisotopic (exact) mass is 236 g/mol. The van der Waals surface area contributed by atoms with Crippen LogP contribution < -0.4 is 10.9 Å². The molecule has 1 N–H and O–H groups in total. The fourth-order valence-electron chi connectivity index (χ4n) is 1.76. The van der Waals surface area contributed by atoms with Gasteiger partial charge in [-0.25, -0.2) is 0 Å². The summed E-state index contributed by atoms with van der Waals surface area (Å²) in [5.41, 5.74) is 2.07. The molecule has 3 heteroatoms. The van der Waals surface area contributed by atoms with Crippen LogP contribution in [0.5, 0.6) is 0 Å². The van der Waals surface area contributed by atoms with Gasteiger partial charge >= 0.3 is 0 Å². The molecule has 0 saturated heterocycles. The summed E-state index contributed by atoms with van der Waals surface area (Å²) in [5.74, 6) is 0. The lowest BCUT2D eigenvalue weighted by Gasteiger charge is -2.13. The second-order valence-corrected chi connectivity index (χ2v) is 4.85. The van der Waals surface area contributed by atoms with E-state index in [1.807, 2.05) is 23.6 Å². The molecule has 0 fully saturated rings. The van der Waals surface area contributed by atoms with Gasteiger partial charge in [0.25, 0.3) is 5.56 Å². The van der Waals surface area contributed by atoms with Crippen molar-refractivity contribution in [2.24, 2.45) is 0 Å². The van der Waals surface area contributed by atoms with Gasteiger partial charge in [-0.2, -0.15) is 0 Å². The Morgan fingerprint density at radius 3 is 2.65 bits per heavy atom. The largest absolute Gasteiger partial charge is 0.313 e. The first-order valence-electron chi connectivity index (χ1n) is 6.49. The van der Waals surface area contributed by atoms with E-state index in [2.05, 4.69) is 26.1 Å². The molecule has 0 saturated carbocycles. The topological polar surface area (TPSA) is 34.0 Å². The average molecular weight is 236 g/mol. The van der Waals surface area contributed by atoms with E-state index in [1.165, 1.54) is 0 Å². The van der Waals surface area contributed by atoms with E-state index in [-0.39, 0.29) is 5.56 Å². The Kier molecular flexibility index (Phi) is 5.42. The molecule has 1 aromatic heterocycles. The van der Waals surface area contributed by atoms with Crippen LogP contribution in [0.4, 0.5) is 0 Å². The fraction of sp³-hybridized carbons (Fsp3) is 0.643. The van der Waals surface area contributed by atoms with Gasteiger partial charge in [0.2, 0.25) is 0 Å². The smallest absolute Gasteiger partial charge is 0.255 e. The summed E-state index contributed by atoms with van der Waals surface area (Å²) < 4.78 is 1.89. The van der Waals surface area contributed by atoms with Gasteiger partial charge in [-0.3, -0.25) is 4.79 Å². The van der Waals surface area contributed by atoms with Crippen LogP contribution in [0.2, 0.25) is 0 Å². The Labute approximate surface area is 104 Å². The number of aromatic nitrogens is 1. The molecule has 3 nitrogen and oxygen atoms in total. The van der Waals surface area contributed by atoms with Crippen molar-refractivity contribution in [1.29, 1.82) is 0 Å². The molecule has 0 unspecified atom stereocenters. The summed E-state index contributed by atoms with van der Waals surface area (Å²) in [4.78, 5) is 12.2. The zero-order valence-corrected chi connectivity index (χ0v) is 11.4. The van der Waals surface area contributed by atoms with Crippen molar-refractivity contribution >= 4 is 0 Å². The first-order valence-corrected chi connectivity index (χ1v) is 6.49. The van der Waals surface area contributed by atoms with Crippen LogP contribution in [0.3, 0.4) is 0 Å². The van der Waals surface area contributed by atoms with E-state index in [0.29, 0.717) is 12.6 Å². The number of hydrogen-bond acceptors (Lipinski definition) is 2. The highest BCUT2D eigenvalue weighted by Crippen LogP contribution is 2.01. The van der Waals surface area contributed by atoms with Crippen molar-refractivity contribution in [3.63, 3.8) is 0 Å². The Hall–Kier alpha value is -1.09. The molecule has 0 atom stereocenters. The molecule has 1 aromatic rings. The fourth-order valence-corrected chi connectivity index (χ4v) is 1.76. The van der Waals surface area contributed by atoms with Gasteiger partial charge in [-0.05, 0) is 19.4 Å². The predicted octanol–water partition coefficient (Wildman–Crippen LogP) is 2.45. The van der Waals surface area contributed by atoms with Crippen LogP contribution in [-0.4, -0.2) is 10.6 Å². The lowest BCUT2D eigenvalue weighted by molar-refractivity contribution is 0.564. The number of nitrogens with zero attached hydrogens (tertiary/aromatic N) is 1. The van der Waals surface area contributed by atoms with Crippen LogP contribution in [0, 0.1) is 6.92 Å². The molecule has 0 spiro atoms. The molecule has 0 aromatic carbocycles. The van der Waals surface area contributed by atoms with E-state index < -0.39 is 0 Å². The van der Waals surface area contributed by atoms with Crippen LogP contribution in [0.25, 0.3) is 0 Å². The standard InChI is InChI=1S/C14H24N2O/c1-5-6-9-16-12(4)7-8-13(14(16)17)10-15-11(2)3/h7-8,11,15H,5-6,9-10H2,1-4H3. The number of nitrogens with one attached hydrogen (secondary N) is 1. The van der Waals surface area contributed by atoms with Crippen molar-refractivity contribution < 1.29 is 0 Å². The summed E-state index contributed by atoms with van der Waals surface area (Å²) in [7, 11) is 0. The maximum Gasteiger partial charge on any atom is 0.255 e. The highest BCUT2D eigenvalue weighted by Gasteiger charge is 2.06. The van der Waals surface area contributed by atoms with Crippen molar-refractivity contribution in [2.75, 3.05) is 0 Å². The number of rotatable bonds is 6. The van der Waals surface area contributed by atoms with Crippen molar-refractivity contribution in [1.82, 2.24) is 9.88 Å². The van der Waals surface area contributed by atoms with Gasteiger partial charge in [-0.1, -0.05) is 33.3 Å². The van der Waals surface area contributed by atoms with Crippen molar-refractivity contribution in [2.45, 2.75) is 59.7 Å². The number of pyridine rings is 1. The molecule has 96 valence electrons. The summed E-state index contributed by atoms with van der Waals surface area (Å²) in [6, 6.07) is 4.38. The van der Waals surface area contributed by atoms with Crippen LogP contribution in [0.1, 0.15) is 44.9 Å². The summed E-state index contributed by atoms with van der Waals surface area (Å²) in [5, 5.41) is 3.29. The van der Waals surface area contributed by atoms with Crippen LogP contribution >= 0.6 is 0 Å². The molecule has 17 heavy (non-hydrogen) atoms. The average Bonchev–Trinajstić information content (AvgIpc) is 2.27. The SMILES string of the molecule is CCCCn1c(C)ccc(CNC(C)C)c1=O. The van der Waals surface area contributed by atoms with Crippen LogP contribution in [0.15, 0.2) is 16.9 Å². The molecule has 0 bridgehead atoms. The number of unbranched alkanes of at least 4 members (excludes halogenated alkanes) is 1. The summed E-state index contributed by atoms with van der Waals surface area (Å²) in [6.07, 6.45) is 2.17. The molecule has 1 rings (SSSR count). The minimum absolute atomic E-state index is 0.159. The maximum absolute atomic E-state index is 12.2. The summed E-state index contributed by atoms with van der Waals surface area (Å²) >= 11 is 0. The highest BCUT2D eigenvalue weighted by atomic mass is 16.1. The number of aryl methyl sites for hydroxylation is 1. The molecule has 0 amide bonds. The molecule has 0 aliphatic carbocycles. The maximum atomic E-state index is 12.2. The van der Waals surface area contributed by atoms with E-state index in [9.17, 15) is 4.79 Å². The Bertz CT molecular complexity index is 407. The molecule has 0 aliphatic heterocycles. The summed E-state index contributed by atoms with van der Waals surface area (Å²) in [6.45, 7) is 9.80. The molecular formula is C14H24N2O. The quantitative estimate of drug-likeness (QED) is 0.823. The third kappa shape index (κ3) is 4.00. The van der Waals surface area contributed by atoms with Crippen molar-refractivity contribution in [3.05, 3.63) is 33.7 Å². The lowest BCUT2D eigenvalue weighted by Crippen LogP contribution is -2.30. The van der Waals surface area contributed by atoms with E-state index in [1.54, 1.807) is 0 Å². The zero-order chi connectivity index (χ0) is 12.8. The van der Waals surface area contributed by atoms with E-state index in [0.717, 1.165) is 30.6 Å². The third-order valence-electron chi connectivity index (χ3n) is 2.91. The van der Waals surface area contributed by atoms with Gasteiger partial charge in [0.15, 0.2) is 0 Å². The van der Waals surface area contributed by atoms with Gasteiger partial charge in [0, 0.05) is 30.4 Å². The minimum Gasteiger partial charge on any atom is -0.313 e. The van der Waals surface area contributed by atoms with E-state index in [4.69, 9.17) is 0 Å². The minimum atomic E-state index is 0.159. The molecule has 0 radical (unpaired) electrons. The van der Waals surface area contributed by atoms with Gasteiger partial charge in [0.1, 0.15) is 0 Å². The van der Waals surface area contributed by atoms with Gasteiger partial charge in [0.05, 0.1) is 0 Å². The van der Waals surface area contributed by atoms with Crippen molar-refractivity contribution in [3.8, 4) is 0 Å². The normalized spacial score (nSPS) is 11.1. The zero-order valence-electron chi connectivity index (χ0n) is 11.4. The van der Waals surface area contributed by atoms with Crippen LogP contribution in [-0.2, 0) is 13.1 Å². The first-order chi connectivity index (χ1) is 8.06. The molecule has 0 aliphatic rings. The van der Waals surface area contributed by atoms with Gasteiger partial charge in [-0.15, -0.1) is 0 Å².